The van der Waals surface area contributed by atoms with Crippen LogP contribution in [-0.4, -0.2) is 5.11 Å². The van der Waals surface area contributed by atoms with Crippen LogP contribution < -0.4 is 4.74 Å². The van der Waals surface area contributed by atoms with E-state index in [0.717, 1.165) is 24.3 Å². The second-order valence-electron chi connectivity index (χ2n) is 8.02. The lowest BCUT2D eigenvalue weighted by atomic mass is 9.95. The third kappa shape index (κ3) is 7.21. The van der Waals surface area contributed by atoms with Gasteiger partial charge in [0.25, 0.3) is 0 Å². The zero-order chi connectivity index (χ0) is 18.6. The summed E-state index contributed by atoms with van der Waals surface area (Å²) in [7, 11) is 0. The fourth-order valence-corrected chi connectivity index (χ4v) is 3.95. The van der Waals surface area contributed by atoms with Crippen LogP contribution in [0.1, 0.15) is 115 Å². The fourth-order valence-electron chi connectivity index (χ4n) is 3.95. The first-order valence-corrected chi connectivity index (χ1v) is 11.3. The Bertz CT molecular complexity index is 502. The smallest absolute Gasteiger partial charge is 0.174 e. The van der Waals surface area contributed by atoms with Crippen LogP contribution >= 0.6 is 0 Å². The standard InChI is InChI=1S/C24H40O2/c1-3-5-7-9-11-13-15-17-20-21(24-23(26-24)19-22(20)25)18-16-14-12-10-8-6-4-2/h19,25H,3-18H2,1-2H3. The topological polar surface area (TPSA) is 32.8 Å². The van der Waals surface area contributed by atoms with Gasteiger partial charge in [0.2, 0.25) is 0 Å². The first kappa shape index (κ1) is 21.1. The summed E-state index contributed by atoms with van der Waals surface area (Å²) in [5.41, 5.74) is 2.47. The summed E-state index contributed by atoms with van der Waals surface area (Å²) >= 11 is 0. The molecule has 0 saturated heterocycles. The molecule has 1 heterocycles. The molecule has 0 saturated carbocycles. The van der Waals surface area contributed by atoms with Crippen LogP contribution in [0.5, 0.6) is 17.2 Å². The first-order valence-electron chi connectivity index (χ1n) is 11.3. The van der Waals surface area contributed by atoms with Gasteiger partial charge in [0.15, 0.2) is 11.5 Å². The number of benzene rings is 1. The third-order valence-corrected chi connectivity index (χ3v) is 5.67. The Morgan fingerprint density at radius 1 is 0.654 bits per heavy atom. The van der Waals surface area contributed by atoms with E-state index in [9.17, 15) is 5.11 Å². The summed E-state index contributed by atoms with van der Waals surface area (Å²) in [6.07, 6.45) is 20.6. The number of phenolic OH excluding ortho intramolecular Hbond substituents is 1. The van der Waals surface area contributed by atoms with Crippen molar-refractivity contribution >= 4 is 0 Å². The summed E-state index contributed by atoms with van der Waals surface area (Å²) in [6, 6.07) is 1.82. The van der Waals surface area contributed by atoms with Crippen molar-refractivity contribution in [2.45, 2.75) is 117 Å². The van der Waals surface area contributed by atoms with Crippen LogP contribution in [0, 0.1) is 0 Å². The molecule has 0 amide bonds. The molecular weight excluding hydrogens is 320 g/mol. The van der Waals surface area contributed by atoms with Crippen molar-refractivity contribution in [3.8, 4) is 17.2 Å². The summed E-state index contributed by atoms with van der Waals surface area (Å²) < 4.78 is 5.61. The Balaban J connectivity index is 1.72. The lowest BCUT2D eigenvalue weighted by Crippen LogP contribution is -1.95. The van der Waals surface area contributed by atoms with Crippen molar-refractivity contribution in [1.29, 1.82) is 0 Å². The van der Waals surface area contributed by atoms with Crippen molar-refractivity contribution in [3.05, 3.63) is 17.2 Å². The lowest BCUT2D eigenvalue weighted by Gasteiger charge is -2.10. The number of aromatic hydroxyl groups is 1. The highest BCUT2D eigenvalue weighted by Crippen LogP contribution is 2.53. The Hall–Kier alpha value is -1.18. The molecule has 2 rings (SSSR count). The molecule has 1 N–H and O–H groups in total. The molecule has 0 radical (unpaired) electrons. The molecule has 0 aliphatic carbocycles. The molecule has 0 unspecified atom stereocenters. The van der Waals surface area contributed by atoms with Crippen LogP contribution in [0.2, 0.25) is 0 Å². The maximum Gasteiger partial charge on any atom is 0.174 e. The van der Waals surface area contributed by atoms with Gasteiger partial charge in [0.1, 0.15) is 5.75 Å². The Morgan fingerprint density at radius 2 is 1.12 bits per heavy atom. The number of ether oxygens (including phenoxy) is 1. The average molecular weight is 361 g/mol. The third-order valence-electron chi connectivity index (χ3n) is 5.67. The number of hydrogen-bond acceptors (Lipinski definition) is 2. The van der Waals surface area contributed by atoms with Gasteiger partial charge in [-0.25, -0.2) is 0 Å². The summed E-state index contributed by atoms with van der Waals surface area (Å²) in [5.74, 6) is 2.45. The van der Waals surface area contributed by atoms with Crippen molar-refractivity contribution < 1.29 is 9.84 Å². The summed E-state index contributed by atoms with van der Waals surface area (Å²) in [6.45, 7) is 4.53. The predicted molar refractivity (Wildman–Crippen MR) is 112 cm³/mol. The van der Waals surface area contributed by atoms with Crippen molar-refractivity contribution in [1.82, 2.24) is 0 Å². The molecule has 2 nitrogen and oxygen atoms in total. The summed E-state index contributed by atoms with van der Waals surface area (Å²) in [4.78, 5) is 0. The number of phenols is 1. The van der Waals surface area contributed by atoms with E-state index in [-0.39, 0.29) is 0 Å². The van der Waals surface area contributed by atoms with Gasteiger partial charge in [0.05, 0.1) is 0 Å². The van der Waals surface area contributed by atoms with Gasteiger partial charge in [-0.2, -0.15) is 0 Å². The molecule has 0 atom stereocenters. The Morgan fingerprint density at radius 3 is 1.65 bits per heavy atom. The second kappa shape index (κ2) is 12.3. The van der Waals surface area contributed by atoms with Gasteiger partial charge < -0.3 is 9.84 Å². The highest BCUT2D eigenvalue weighted by Gasteiger charge is 2.29. The largest absolute Gasteiger partial charge is 0.508 e. The quantitative estimate of drug-likeness (QED) is 0.242. The number of rotatable bonds is 16. The van der Waals surface area contributed by atoms with Gasteiger partial charge in [-0.15, -0.1) is 0 Å². The second-order valence-corrected chi connectivity index (χ2v) is 8.02. The van der Waals surface area contributed by atoms with E-state index >= 15 is 0 Å². The van der Waals surface area contributed by atoms with Gasteiger partial charge in [0, 0.05) is 17.2 Å². The molecule has 1 aliphatic rings. The van der Waals surface area contributed by atoms with Crippen molar-refractivity contribution in [3.63, 3.8) is 0 Å². The van der Waals surface area contributed by atoms with Crippen molar-refractivity contribution in [2.24, 2.45) is 0 Å². The normalized spacial score (nSPS) is 12.1. The van der Waals surface area contributed by atoms with Gasteiger partial charge >= 0.3 is 0 Å². The average Bonchev–Trinajstić information content (AvgIpc) is 3.40. The van der Waals surface area contributed by atoms with E-state index < -0.39 is 0 Å². The molecule has 26 heavy (non-hydrogen) atoms. The summed E-state index contributed by atoms with van der Waals surface area (Å²) in [5, 5.41) is 10.4. The van der Waals surface area contributed by atoms with Gasteiger partial charge in [-0.3, -0.25) is 0 Å². The number of fused-ring (bicyclic) bond motifs is 1. The van der Waals surface area contributed by atoms with E-state index in [1.165, 1.54) is 101 Å². The lowest BCUT2D eigenvalue weighted by molar-refractivity contribution is 0.464. The van der Waals surface area contributed by atoms with Crippen molar-refractivity contribution in [2.75, 3.05) is 0 Å². The van der Waals surface area contributed by atoms with E-state index in [4.69, 9.17) is 4.74 Å². The maximum atomic E-state index is 10.4. The minimum absolute atomic E-state index is 0.463. The first-order chi connectivity index (χ1) is 12.8. The number of hydrogen-bond donors (Lipinski definition) is 1. The minimum atomic E-state index is 0.463. The number of unbranched alkanes of at least 4 members (excludes halogenated alkanes) is 12. The fraction of sp³-hybridized carbons (Fsp3) is 0.750. The van der Waals surface area contributed by atoms with E-state index in [1.807, 2.05) is 6.07 Å². The highest BCUT2D eigenvalue weighted by atomic mass is 16.6. The molecule has 0 fully saturated rings. The van der Waals surface area contributed by atoms with Crippen LogP contribution in [0.15, 0.2) is 6.07 Å². The van der Waals surface area contributed by atoms with Crippen LogP contribution in [0.4, 0.5) is 0 Å². The molecular formula is C24H40O2. The molecule has 2 heteroatoms. The molecule has 0 spiro atoms. The molecule has 1 aromatic rings. The molecule has 1 aliphatic heterocycles. The minimum Gasteiger partial charge on any atom is -0.508 e. The highest BCUT2D eigenvalue weighted by molar-refractivity contribution is 5.66. The van der Waals surface area contributed by atoms with E-state index in [0.29, 0.717) is 5.75 Å². The van der Waals surface area contributed by atoms with E-state index in [2.05, 4.69) is 13.8 Å². The molecule has 1 aromatic carbocycles. The Labute approximate surface area is 161 Å². The van der Waals surface area contributed by atoms with Gasteiger partial charge in [-0.1, -0.05) is 90.9 Å². The maximum absolute atomic E-state index is 10.4. The zero-order valence-corrected chi connectivity index (χ0v) is 17.2. The van der Waals surface area contributed by atoms with Crippen LogP contribution in [-0.2, 0) is 12.8 Å². The van der Waals surface area contributed by atoms with Crippen LogP contribution in [0.3, 0.4) is 0 Å². The zero-order valence-electron chi connectivity index (χ0n) is 17.2. The SMILES string of the molecule is CCCCCCCCCc1c(O)cc2c(c1CCCCCCCCC)O2. The van der Waals surface area contributed by atoms with Crippen LogP contribution in [0.25, 0.3) is 0 Å². The Kier molecular flexibility index (Phi) is 9.95. The molecule has 0 aromatic heterocycles. The monoisotopic (exact) mass is 360 g/mol. The predicted octanol–water partition coefficient (Wildman–Crippen LogP) is 8.08. The molecule has 0 bridgehead atoms. The van der Waals surface area contributed by atoms with Gasteiger partial charge in [-0.05, 0) is 25.7 Å². The van der Waals surface area contributed by atoms with E-state index in [1.54, 1.807) is 0 Å². The molecule has 148 valence electrons.